The van der Waals surface area contributed by atoms with Crippen LogP contribution in [0.25, 0.3) is 0 Å². The minimum atomic E-state index is -0.252. The molecule has 0 aromatic heterocycles. The van der Waals surface area contributed by atoms with E-state index in [0.717, 1.165) is 0 Å². The fourth-order valence-electron chi connectivity index (χ4n) is 0.500. The van der Waals surface area contributed by atoms with E-state index in [-0.39, 0.29) is 18.1 Å². The quantitative estimate of drug-likeness (QED) is 0.499. The van der Waals surface area contributed by atoms with Gasteiger partial charge in [0.2, 0.25) is 5.91 Å². The standard InChI is InChI=1S/C6H12N2O2/c1-5(9)4-6(10)8-3-2-7/h2-4,7H2,1H3,(H,8,10). The summed E-state index contributed by atoms with van der Waals surface area (Å²) in [4.78, 5) is 21.0. The first-order chi connectivity index (χ1) is 4.66. The van der Waals surface area contributed by atoms with Crippen LogP contribution in [0.1, 0.15) is 13.3 Å². The van der Waals surface area contributed by atoms with E-state index in [2.05, 4.69) is 5.32 Å². The van der Waals surface area contributed by atoms with Crippen molar-refractivity contribution >= 4 is 11.7 Å². The molecule has 10 heavy (non-hydrogen) atoms. The third-order valence-electron chi connectivity index (χ3n) is 0.876. The second-order valence-corrected chi connectivity index (χ2v) is 2.02. The minimum absolute atomic E-state index is 0.0417. The molecular formula is C6H12N2O2. The SMILES string of the molecule is CC(=O)CC(=O)NCCN. The molecule has 0 saturated carbocycles. The first kappa shape index (κ1) is 9.10. The molecule has 4 nitrogen and oxygen atoms in total. The Labute approximate surface area is 59.8 Å². The van der Waals surface area contributed by atoms with Gasteiger partial charge in [0.25, 0.3) is 0 Å². The Kier molecular flexibility index (Phi) is 4.49. The molecular weight excluding hydrogens is 132 g/mol. The number of amides is 1. The number of hydrogen-bond donors (Lipinski definition) is 2. The largest absolute Gasteiger partial charge is 0.354 e. The lowest BCUT2D eigenvalue weighted by atomic mass is 10.3. The molecule has 0 atom stereocenters. The van der Waals surface area contributed by atoms with Gasteiger partial charge in [0.05, 0.1) is 6.42 Å². The van der Waals surface area contributed by atoms with Crippen LogP contribution in [0.5, 0.6) is 0 Å². The number of carbonyl (C=O) groups is 2. The van der Waals surface area contributed by atoms with E-state index in [9.17, 15) is 9.59 Å². The zero-order chi connectivity index (χ0) is 7.98. The lowest BCUT2D eigenvalue weighted by Gasteiger charge is -1.99. The second kappa shape index (κ2) is 4.93. The van der Waals surface area contributed by atoms with E-state index in [1.54, 1.807) is 0 Å². The van der Waals surface area contributed by atoms with Crippen molar-refractivity contribution in [1.82, 2.24) is 5.32 Å². The zero-order valence-electron chi connectivity index (χ0n) is 6.02. The fourth-order valence-corrected chi connectivity index (χ4v) is 0.500. The van der Waals surface area contributed by atoms with Crippen LogP contribution in [0.4, 0.5) is 0 Å². The van der Waals surface area contributed by atoms with Gasteiger partial charge < -0.3 is 11.1 Å². The van der Waals surface area contributed by atoms with Gasteiger partial charge in [0, 0.05) is 13.1 Å². The molecule has 58 valence electrons. The molecule has 0 bridgehead atoms. The van der Waals surface area contributed by atoms with Gasteiger partial charge in [-0.2, -0.15) is 0 Å². The Morgan fingerprint density at radius 3 is 2.50 bits per heavy atom. The lowest BCUT2D eigenvalue weighted by Crippen LogP contribution is -2.29. The van der Waals surface area contributed by atoms with Gasteiger partial charge in [-0.25, -0.2) is 0 Å². The van der Waals surface area contributed by atoms with Crippen LogP contribution >= 0.6 is 0 Å². The molecule has 3 N–H and O–H groups in total. The average Bonchev–Trinajstić information content (AvgIpc) is 1.82. The van der Waals surface area contributed by atoms with E-state index in [4.69, 9.17) is 5.73 Å². The van der Waals surface area contributed by atoms with Crippen molar-refractivity contribution in [1.29, 1.82) is 0 Å². The summed E-state index contributed by atoms with van der Waals surface area (Å²) >= 11 is 0. The number of nitrogens with one attached hydrogen (secondary N) is 1. The normalized spacial score (nSPS) is 9.00. The molecule has 0 radical (unpaired) electrons. The van der Waals surface area contributed by atoms with Crippen LogP contribution < -0.4 is 11.1 Å². The molecule has 0 aliphatic rings. The van der Waals surface area contributed by atoms with Crippen LogP contribution in [0, 0.1) is 0 Å². The van der Waals surface area contributed by atoms with E-state index in [1.807, 2.05) is 0 Å². The topological polar surface area (TPSA) is 72.2 Å². The van der Waals surface area contributed by atoms with Crippen molar-refractivity contribution in [2.24, 2.45) is 5.73 Å². The highest BCUT2D eigenvalue weighted by Gasteiger charge is 2.01. The van der Waals surface area contributed by atoms with Crippen LogP contribution in [-0.4, -0.2) is 24.8 Å². The molecule has 0 fully saturated rings. The molecule has 0 heterocycles. The smallest absolute Gasteiger partial charge is 0.227 e. The van der Waals surface area contributed by atoms with Gasteiger partial charge in [-0.1, -0.05) is 0 Å². The Morgan fingerprint density at radius 2 is 2.10 bits per heavy atom. The van der Waals surface area contributed by atoms with Crippen molar-refractivity contribution in [3.8, 4) is 0 Å². The van der Waals surface area contributed by atoms with Gasteiger partial charge in [0.15, 0.2) is 0 Å². The Morgan fingerprint density at radius 1 is 1.50 bits per heavy atom. The molecule has 0 rings (SSSR count). The van der Waals surface area contributed by atoms with Gasteiger partial charge in [-0.3, -0.25) is 9.59 Å². The summed E-state index contributed by atoms with van der Waals surface area (Å²) in [6, 6.07) is 0. The Hall–Kier alpha value is -0.900. The number of ketones is 1. The summed E-state index contributed by atoms with van der Waals surface area (Å²) in [6.45, 7) is 2.22. The van der Waals surface area contributed by atoms with Gasteiger partial charge in [-0.05, 0) is 6.92 Å². The van der Waals surface area contributed by atoms with Gasteiger partial charge in [-0.15, -0.1) is 0 Å². The van der Waals surface area contributed by atoms with Crippen LogP contribution in [0.2, 0.25) is 0 Å². The first-order valence-corrected chi connectivity index (χ1v) is 3.13. The number of carbonyl (C=O) groups excluding carboxylic acids is 2. The molecule has 0 aliphatic carbocycles. The summed E-state index contributed by atoms with van der Waals surface area (Å²) in [6.07, 6.45) is -0.0417. The molecule has 0 saturated heterocycles. The monoisotopic (exact) mass is 144 g/mol. The molecule has 0 unspecified atom stereocenters. The van der Waals surface area contributed by atoms with Crippen LogP contribution in [-0.2, 0) is 9.59 Å². The number of rotatable bonds is 4. The third-order valence-corrected chi connectivity index (χ3v) is 0.876. The third kappa shape index (κ3) is 5.24. The maximum Gasteiger partial charge on any atom is 0.227 e. The maximum atomic E-state index is 10.6. The van der Waals surface area contributed by atoms with Crippen LogP contribution in [0.15, 0.2) is 0 Å². The van der Waals surface area contributed by atoms with E-state index < -0.39 is 0 Å². The van der Waals surface area contributed by atoms with Crippen molar-refractivity contribution < 1.29 is 9.59 Å². The minimum Gasteiger partial charge on any atom is -0.354 e. The molecule has 0 spiro atoms. The Balaban J connectivity index is 3.35. The zero-order valence-corrected chi connectivity index (χ0v) is 6.02. The highest BCUT2D eigenvalue weighted by molar-refractivity contribution is 5.96. The average molecular weight is 144 g/mol. The molecule has 1 amide bonds. The molecule has 0 aromatic rings. The van der Waals surface area contributed by atoms with E-state index in [1.165, 1.54) is 6.92 Å². The Bertz CT molecular complexity index is 134. The number of hydrogen-bond acceptors (Lipinski definition) is 3. The predicted molar refractivity (Wildman–Crippen MR) is 37.4 cm³/mol. The first-order valence-electron chi connectivity index (χ1n) is 3.13. The van der Waals surface area contributed by atoms with Crippen molar-refractivity contribution in [2.75, 3.05) is 13.1 Å². The number of Topliss-reactive ketones (excluding diaryl/α,β-unsaturated/α-hetero) is 1. The summed E-state index contributed by atoms with van der Waals surface area (Å²) < 4.78 is 0. The number of nitrogens with two attached hydrogens (primary N) is 1. The van der Waals surface area contributed by atoms with Crippen molar-refractivity contribution in [3.63, 3.8) is 0 Å². The molecule has 4 heteroatoms. The highest BCUT2D eigenvalue weighted by atomic mass is 16.2. The molecule has 0 aromatic carbocycles. The highest BCUT2D eigenvalue weighted by Crippen LogP contribution is 1.79. The van der Waals surface area contributed by atoms with Gasteiger partial charge in [0.1, 0.15) is 5.78 Å². The summed E-state index contributed by atoms with van der Waals surface area (Å²) in [5.41, 5.74) is 5.11. The van der Waals surface area contributed by atoms with Crippen molar-refractivity contribution in [2.45, 2.75) is 13.3 Å². The summed E-state index contributed by atoms with van der Waals surface area (Å²) in [5.74, 6) is -0.382. The second-order valence-electron chi connectivity index (χ2n) is 2.02. The van der Waals surface area contributed by atoms with E-state index >= 15 is 0 Å². The molecule has 0 aliphatic heterocycles. The van der Waals surface area contributed by atoms with Crippen LogP contribution in [0.3, 0.4) is 0 Å². The van der Waals surface area contributed by atoms with Crippen molar-refractivity contribution in [3.05, 3.63) is 0 Å². The van der Waals surface area contributed by atoms with Gasteiger partial charge >= 0.3 is 0 Å². The van der Waals surface area contributed by atoms with E-state index in [0.29, 0.717) is 13.1 Å². The maximum absolute atomic E-state index is 10.6. The predicted octanol–water partition coefficient (Wildman–Crippen LogP) is -0.960. The fraction of sp³-hybridized carbons (Fsp3) is 0.667. The lowest BCUT2D eigenvalue weighted by molar-refractivity contribution is -0.127. The summed E-state index contributed by atoms with van der Waals surface area (Å²) in [7, 11) is 0. The summed E-state index contributed by atoms with van der Waals surface area (Å²) in [5, 5.41) is 2.48.